The van der Waals surface area contributed by atoms with Crippen LogP contribution in [0, 0.1) is 12.7 Å². The van der Waals surface area contributed by atoms with Crippen molar-refractivity contribution in [3.8, 4) is 22.7 Å². The van der Waals surface area contributed by atoms with E-state index in [1.165, 1.54) is 34.8 Å². The van der Waals surface area contributed by atoms with Gasteiger partial charge < -0.3 is 19.4 Å². The van der Waals surface area contributed by atoms with Crippen molar-refractivity contribution in [2.45, 2.75) is 32.7 Å². The fraction of sp³-hybridized carbons (Fsp3) is 0.303. The van der Waals surface area contributed by atoms with E-state index in [0.29, 0.717) is 29.0 Å². The second-order valence-corrected chi connectivity index (χ2v) is 11.9. The molecule has 0 unspecified atom stereocenters. The van der Waals surface area contributed by atoms with Crippen LogP contribution in [-0.4, -0.2) is 71.1 Å². The van der Waals surface area contributed by atoms with Gasteiger partial charge in [-0.1, -0.05) is 38.1 Å². The highest BCUT2D eigenvalue weighted by molar-refractivity contribution is 6.34. The molecule has 0 radical (unpaired) electrons. The van der Waals surface area contributed by atoms with E-state index < -0.39 is 17.4 Å². The van der Waals surface area contributed by atoms with Gasteiger partial charge in [0.05, 0.1) is 47.0 Å². The number of halogens is 2. The Morgan fingerprint density at radius 2 is 1.93 bits per heavy atom. The first-order chi connectivity index (χ1) is 21.5. The average Bonchev–Trinajstić information content (AvgIpc) is 3.02. The average molecular weight is 631 g/mol. The number of rotatable bonds is 5. The predicted octanol–water partition coefficient (Wildman–Crippen LogP) is 4.86. The number of ether oxygens (including phenoxy) is 1. The molecule has 1 aromatic carbocycles. The number of amides is 2. The van der Waals surface area contributed by atoms with Crippen LogP contribution in [0.4, 0.5) is 15.8 Å². The summed E-state index contributed by atoms with van der Waals surface area (Å²) >= 11 is 6.91. The lowest BCUT2D eigenvalue weighted by Gasteiger charge is -2.47. The Balaban J connectivity index is 1.75. The van der Waals surface area contributed by atoms with E-state index in [4.69, 9.17) is 21.3 Å². The maximum absolute atomic E-state index is 15.4. The molecular formula is C33H32ClFN6O4. The van der Waals surface area contributed by atoms with Gasteiger partial charge >= 0.3 is 0 Å². The van der Waals surface area contributed by atoms with Crippen LogP contribution in [0.15, 0.2) is 54.0 Å². The Bertz CT molecular complexity index is 1980. The van der Waals surface area contributed by atoms with Crippen LogP contribution in [0.5, 0.6) is 5.75 Å². The molecule has 1 saturated heterocycles. The van der Waals surface area contributed by atoms with E-state index in [9.17, 15) is 14.4 Å². The van der Waals surface area contributed by atoms with Gasteiger partial charge in [-0.2, -0.15) is 0 Å². The number of anilines is 2. The van der Waals surface area contributed by atoms with Crippen LogP contribution in [0.2, 0.25) is 5.02 Å². The van der Waals surface area contributed by atoms with Crippen molar-refractivity contribution in [3.63, 3.8) is 0 Å². The molecule has 0 bridgehead atoms. The van der Waals surface area contributed by atoms with E-state index in [1.54, 1.807) is 36.3 Å². The lowest BCUT2D eigenvalue weighted by Crippen LogP contribution is -2.63. The van der Waals surface area contributed by atoms with Gasteiger partial charge in [-0.15, -0.1) is 0 Å². The van der Waals surface area contributed by atoms with Crippen molar-refractivity contribution in [2.75, 3.05) is 43.6 Å². The summed E-state index contributed by atoms with van der Waals surface area (Å²) in [5.74, 6) is -1.05. The minimum absolute atomic E-state index is 0.0531. The highest BCUT2D eigenvalue weighted by Gasteiger charge is 2.44. The number of hydrogen-bond acceptors (Lipinski definition) is 7. The Morgan fingerprint density at radius 3 is 2.62 bits per heavy atom. The van der Waals surface area contributed by atoms with Crippen LogP contribution in [-0.2, 0) is 9.59 Å². The number of fused-ring (bicyclic) bond motifs is 5. The summed E-state index contributed by atoms with van der Waals surface area (Å²) in [4.78, 5) is 55.4. The molecule has 0 N–H and O–H groups in total. The van der Waals surface area contributed by atoms with Gasteiger partial charge in [0, 0.05) is 31.7 Å². The van der Waals surface area contributed by atoms with Crippen LogP contribution < -0.4 is 20.1 Å². The third-order valence-corrected chi connectivity index (χ3v) is 8.80. The lowest BCUT2D eigenvalue weighted by molar-refractivity contribution is -0.128. The van der Waals surface area contributed by atoms with Gasteiger partial charge in [-0.25, -0.2) is 9.37 Å². The quantitative estimate of drug-likeness (QED) is 0.290. The van der Waals surface area contributed by atoms with E-state index in [2.05, 4.69) is 11.6 Å². The lowest BCUT2D eigenvalue weighted by atomic mass is 9.99. The first-order valence-electron chi connectivity index (χ1n) is 14.5. The van der Waals surface area contributed by atoms with Crippen molar-refractivity contribution < 1.29 is 18.7 Å². The number of nitrogens with zero attached hydrogens (tertiary/aromatic N) is 6. The van der Waals surface area contributed by atoms with Crippen LogP contribution in [0.1, 0.15) is 31.0 Å². The summed E-state index contributed by atoms with van der Waals surface area (Å²) in [6.07, 6.45) is 2.91. The summed E-state index contributed by atoms with van der Waals surface area (Å²) in [5, 5.41) is 0.612. The number of methoxy groups -OCH3 is 1. The number of piperazine rings is 1. The normalized spacial score (nSPS) is 16.2. The molecule has 0 spiro atoms. The van der Waals surface area contributed by atoms with Crippen LogP contribution >= 0.6 is 11.6 Å². The summed E-state index contributed by atoms with van der Waals surface area (Å²) in [6.45, 7) is 10.1. The van der Waals surface area contributed by atoms with Crippen molar-refractivity contribution in [3.05, 3.63) is 81.6 Å². The molecule has 1 fully saturated rings. The molecule has 232 valence electrons. The highest BCUT2D eigenvalue weighted by Crippen LogP contribution is 2.44. The molecular weight excluding hydrogens is 599 g/mol. The summed E-state index contributed by atoms with van der Waals surface area (Å²) in [5.41, 5.74) is 2.43. The predicted molar refractivity (Wildman–Crippen MR) is 172 cm³/mol. The fourth-order valence-corrected chi connectivity index (χ4v) is 6.59. The first kappa shape index (κ1) is 30.3. The van der Waals surface area contributed by atoms with E-state index in [-0.39, 0.29) is 64.2 Å². The molecule has 5 heterocycles. The minimum Gasteiger partial charge on any atom is -0.496 e. The Morgan fingerprint density at radius 1 is 1.18 bits per heavy atom. The monoisotopic (exact) mass is 630 g/mol. The molecule has 2 amide bonds. The maximum Gasteiger partial charge on any atom is 0.283 e. The number of carbonyl (C=O) groups is 2. The highest BCUT2D eigenvalue weighted by atomic mass is 35.5. The van der Waals surface area contributed by atoms with Crippen LogP contribution in [0.3, 0.4) is 0 Å². The summed E-state index contributed by atoms with van der Waals surface area (Å²) in [6, 6.07) is 7.13. The fourth-order valence-electron chi connectivity index (χ4n) is 6.34. The molecule has 1 atom stereocenters. The van der Waals surface area contributed by atoms with E-state index in [0.717, 1.165) is 5.56 Å². The zero-order valence-electron chi connectivity index (χ0n) is 25.6. The van der Waals surface area contributed by atoms with Gasteiger partial charge in [0.15, 0.2) is 5.65 Å². The standard InChI is InChI=1S/C33H32ClFN6O4/c1-7-24(42)39-13-14-40-22(16-39)32(43)38(5)30-29(40)19-15-20(34)27(25-21(35)9-8-10-23(25)45-6)37-31(19)41(33(30)44)28-18(4)11-12-36-26(28)17(2)3/h7-12,15,17,22H,1,13-14,16H2,2-6H3/t22-/m1/s1. The molecule has 3 aromatic heterocycles. The van der Waals surface area contributed by atoms with Crippen molar-refractivity contribution >= 4 is 45.8 Å². The second-order valence-electron chi connectivity index (χ2n) is 11.5. The van der Waals surface area contributed by atoms with Gasteiger partial charge in [-0.3, -0.25) is 23.9 Å². The number of aryl methyl sites for hydroxylation is 1. The molecule has 0 saturated carbocycles. The van der Waals surface area contributed by atoms with Crippen LogP contribution in [0.25, 0.3) is 28.0 Å². The molecule has 2 aliphatic heterocycles. The third kappa shape index (κ3) is 4.64. The molecule has 45 heavy (non-hydrogen) atoms. The van der Waals surface area contributed by atoms with Crippen molar-refractivity contribution in [2.24, 2.45) is 0 Å². The number of carbonyl (C=O) groups excluding carboxylic acids is 2. The zero-order chi connectivity index (χ0) is 32.3. The first-order valence-corrected chi connectivity index (χ1v) is 14.9. The molecule has 10 nitrogen and oxygen atoms in total. The minimum atomic E-state index is -0.755. The SMILES string of the molecule is C=CC(=O)N1CCN2c3c(c(=O)n(-c4c(C)ccnc4C(C)C)c4nc(-c5c(F)cccc5OC)c(Cl)cc34)N(C)C(=O)[C@H]2C1. The number of likely N-dealkylation sites (N-methyl/N-ethyl adjacent to an activating group) is 1. The number of pyridine rings is 3. The Kier molecular flexibility index (Phi) is 7.60. The number of benzene rings is 1. The molecule has 2 aliphatic rings. The number of aromatic nitrogens is 3. The van der Waals surface area contributed by atoms with Gasteiger partial charge in [-0.05, 0) is 48.7 Å². The third-order valence-electron chi connectivity index (χ3n) is 8.51. The molecule has 0 aliphatic carbocycles. The van der Waals surface area contributed by atoms with Gasteiger partial charge in [0.25, 0.3) is 11.5 Å². The topological polar surface area (TPSA) is 101 Å². The molecule has 6 rings (SSSR count). The second kappa shape index (κ2) is 11.3. The van der Waals surface area contributed by atoms with Crippen molar-refractivity contribution in [1.29, 1.82) is 0 Å². The van der Waals surface area contributed by atoms with Crippen molar-refractivity contribution in [1.82, 2.24) is 19.4 Å². The molecule has 4 aromatic rings. The Hall–Kier alpha value is -4.77. The Labute approximate surface area is 264 Å². The van der Waals surface area contributed by atoms with E-state index in [1.807, 2.05) is 25.7 Å². The van der Waals surface area contributed by atoms with Gasteiger partial charge in [0.2, 0.25) is 5.91 Å². The molecule has 12 heteroatoms. The zero-order valence-corrected chi connectivity index (χ0v) is 26.4. The smallest absolute Gasteiger partial charge is 0.283 e. The van der Waals surface area contributed by atoms with E-state index >= 15 is 4.39 Å². The van der Waals surface area contributed by atoms with Gasteiger partial charge in [0.1, 0.15) is 23.3 Å². The summed E-state index contributed by atoms with van der Waals surface area (Å²) in [7, 11) is 2.98. The number of hydrogen-bond donors (Lipinski definition) is 0. The summed E-state index contributed by atoms with van der Waals surface area (Å²) < 4.78 is 22.3. The maximum atomic E-state index is 15.4. The largest absolute Gasteiger partial charge is 0.496 e.